The smallest absolute Gasteiger partial charge is 0.372 e. The van der Waals surface area contributed by atoms with E-state index < -0.39 is 5.97 Å². The van der Waals surface area contributed by atoms with Crippen LogP contribution in [0.25, 0.3) is 0 Å². The average Bonchev–Trinajstić information content (AvgIpc) is 2.83. The third-order valence-corrected chi connectivity index (χ3v) is 2.81. The first-order chi connectivity index (χ1) is 9.04. The predicted octanol–water partition coefficient (Wildman–Crippen LogP) is 1.37. The number of carbonyl (C=O) groups excluding carboxylic acids is 1. The normalized spacial score (nSPS) is 12.1. The maximum atomic E-state index is 11.5. The van der Waals surface area contributed by atoms with Crippen LogP contribution in [0, 0.1) is 0 Å². The average molecular weight is 268 g/mol. The van der Waals surface area contributed by atoms with Gasteiger partial charge in [0.1, 0.15) is 0 Å². The third-order valence-electron chi connectivity index (χ3n) is 2.81. The number of hydrogen-bond acceptors (Lipinski definition) is 4. The van der Waals surface area contributed by atoms with Crippen LogP contribution in [-0.4, -0.2) is 29.6 Å². The Labute approximate surface area is 112 Å². The fourth-order valence-corrected chi connectivity index (χ4v) is 1.54. The summed E-state index contributed by atoms with van der Waals surface area (Å²) in [7, 11) is 0. The summed E-state index contributed by atoms with van der Waals surface area (Å²) in [5.74, 6) is -1.15. The van der Waals surface area contributed by atoms with Crippen molar-refractivity contribution in [3.63, 3.8) is 0 Å². The zero-order valence-electron chi connectivity index (χ0n) is 11.2. The summed E-state index contributed by atoms with van der Waals surface area (Å²) in [6.45, 7) is 4.83. The van der Waals surface area contributed by atoms with Gasteiger partial charge in [0.15, 0.2) is 0 Å². The first-order valence-corrected chi connectivity index (χ1v) is 6.34. The van der Waals surface area contributed by atoms with E-state index in [1.807, 2.05) is 13.8 Å². The van der Waals surface area contributed by atoms with Gasteiger partial charge in [-0.1, -0.05) is 6.92 Å². The minimum atomic E-state index is -1.09. The minimum absolute atomic E-state index is 0.00694. The monoisotopic (exact) mass is 268 g/mol. The van der Waals surface area contributed by atoms with Crippen molar-refractivity contribution >= 4 is 11.9 Å². The van der Waals surface area contributed by atoms with Crippen LogP contribution < -0.4 is 10.6 Å². The van der Waals surface area contributed by atoms with Crippen LogP contribution in [0.3, 0.4) is 0 Å². The number of nitrogens with one attached hydrogen (secondary N) is 2. The molecule has 0 radical (unpaired) electrons. The molecule has 1 heterocycles. The van der Waals surface area contributed by atoms with Gasteiger partial charge in [0.05, 0.1) is 6.26 Å². The number of furan rings is 1. The molecule has 1 rings (SSSR count). The minimum Gasteiger partial charge on any atom is -0.475 e. The fourth-order valence-electron chi connectivity index (χ4n) is 1.54. The lowest BCUT2D eigenvalue weighted by Gasteiger charge is -2.11. The van der Waals surface area contributed by atoms with Gasteiger partial charge >= 0.3 is 5.97 Å². The molecule has 1 unspecified atom stereocenters. The van der Waals surface area contributed by atoms with Gasteiger partial charge in [-0.15, -0.1) is 0 Å². The Hall–Kier alpha value is -1.82. The maximum absolute atomic E-state index is 11.5. The first kappa shape index (κ1) is 15.2. The highest BCUT2D eigenvalue weighted by atomic mass is 16.4. The van der Waals surface area contributed by atoms with E-state index in [-0.39, 0.29) is 17.7 Å². The molecule has 0 bridgehead atoms. The van der Waals surface area contributed by atoms with Crippen molar-refractivity contribution in [2.45, 2.75) is 39.3 Å². The molecular weight excluding hydrogens is 248 g/mol. The second-order valence-electron chi connectivity index (χ2n) is 4.38. The largest absolute Gasteiger partial charge is 0.475 e. The van der Waals surface area contributed by atoms with Crippen LogP contribution in [0.5, 0.6) is 0 Å². The summed E-state index contributed by atoms with van der Waals surface area (Å²) < 4.78 is 4.85. The molecule has 1 atom stereocenters. The van der Waals surface area contributed by atoms with Gasteiger partial charge < -0.3 is 20.2 Å². The number of carbonyl (C=O) groups is 2. The van der Waals surface area contributed by atoms with Crippen molar-refractivity contribution in [3.05, 3.63) is 23.7 Å². The van der Waals surface area contributed by atoms with Gasteiger partial charge in [-0.25, -0.2) is 4.79 Å². The van der Waals surface area contributed by atoms with Gasteiger partial charge in [0, 0.05) is 31.1 Å². The standard InChI is InChI=1S/C13H20N2O4/c1-3-9(2)15-11(16)4-6-14-8-10-5-7-19-12(10)13(17)18/h5,7,9,14H,3-4,6,8H2,1-2H3,(H,15,16)(H,17,18). The number of amides is 1. The molecule has 0 spiro atoms. The molecule has 19 heavy (non-hydrogen) atoms. The highest BCUT2D eigenvalue weighted by Crippen LogP contribution is 2.09. The Balaban J connectivity index is 2.25. The zero-order chi connectivity index (χ0) is 14.3. The molecule has 0 aliphatic heterocycles. The predicted molar refractivity (Wildman–Crippen MR) is 69.9 cm³/mol. The molecule has 1 aromatic heterocycles. The van der Waals surface area contributed by atoms with Crippen molar-refractivity contribution in [3.8, 4) is 0 Å². The molecular formula is C13H20N2O4. The van der Waals surface area contributed by atoms with Crippen LogP contribution in [-0.2, 0) is 11.3 Å². The molecule has 0 fully saturated rings. The van der Waals surface area contributed by atoms with E-state index in [1.54, 1.807) is 6.07 Å². The summed E-state index contributed by atoms with van der Waals surface area (Å²) in [6.07, 6.45) is 2.61. The van der Waals surface area contributed by atoms with Crippen molar-refractivity contribution in [2.75, 3.05) is 6.54 Å². The van der Waals surface area contributed by atoms with Crippen molar-refractivity contribution < 1.29 is 19.1 Å². The summed E-state index contributed by atoms with van der Waals surface area (Å²) >= 11 is 0. The topological polar surface area (TPSA) is 91.6 Å². The van der Waals surface area contributed by atoms with Crippen molar-refractivity contribution in [1.82, 2.24) is 10.6 Å². The van der Waals surface area contributed by atoms with E-state index >= 15 is 0 Å². The summed E-state index contributed by atoms with van der Waals surface area (Å²) in [4.78, 5) is 22.3. The lowest BCUT2D eigenvalue weighted by Crippen LogP contribution is -2.33. The van der Waals surface area contributed by atoms with Crippen LogP contribution in [0.2, 0.25) is 0 Å². The Kier molecular flexibility index (Phi) is 6.08. The highest BCUT2D eigenvalue weighted by Gasteiger charge is 2.13. The molecule has 0 aliphatic rings. The van der Waals surface area contributed by atoms with E-state index in [0.717, 1.165) is 6.42 Å². The Morgan fingerprint density at radius 3 is 2.84 bits per heavy atom. The van der Waals surface area contributed by atoms with E-state index in [4.69, 9.17) is 9.52 Å². The van der Waals surface area contributed by atoms with Gasteiger partial charge in [-0.2, -0.15) is 0 Å². The number of carboxylic acids is 1. The first-order valence-electron chi connectivity index (χ1n) is 6.34. The number of rotatable bonds is 8. The summed E-state index contributed by atoms with van der Waals surface area (Å²) in [6, 6.07) is 1.79. The lowest BCUT2D eigenvalue weighted by molar-refractivity contribution is -0.121. The molecule has 3 N–H and O–H groups in total. The molecule has 0 aromatic carbocycles. The zero-order valence-corrected chi connectivity index (χ0v) is 11.2. The van der Waals surface area contributed by atoms with Gasteiger partial charge in [0.2, 0.25) is 11.7 Å². The maximum Gasteiger partial charge on any atom is 0.372 e. The second kappa shape index (κ2) is 7.58. The number of carboxylic acid groups (broad SMARTS) is 1. The Bertz CT molecular complexity index is 428. The molecule has 0 saturated carbocycles. The highest BCUT2D eigenvalue weighted by molar-refractivity contribution is 5.86. The van der Waals surface area contributed by atoms with Gasteiger partial charge in [0.25, 0.3) is 0 Å². The SMILES string of the molecule is CCC(C)NC(=O)CCNCc1ccoc1C(=O)O. The van der Waals surface area contributed by atoms with Crippen LogP contribution in [0.15, 0.2) is 16.7 Å². The third kappa shape index (κ3) is 5.13. The van der Waals surface area contributed by atoms with E-state index in [2.05, 4.69) is 10.6 Å². The molecule has 106 valence electrons. The number of hydrogen-bond donors (Lipinski definition) is 3. The molecule has 0 saturated heterocycles. The van der Waals surface area contributed by atoms with E-state index in [9.17, 15) is 9.59 Å². The fraction of sp³-hybridized carbons (Fsp3) is 0.538. The summed E-state index contributed by atoms with van der Waals surface area (Å²) in [5, 5.41) is 14.7. The van der Waals surface area contributed by atoms with Crippen molar-refractivity contribution in [1.29, 1.82) is 0 Å². The molecule has 6 nitrogen and oxygen atoms in total. The van der Waals surface area contributed by atoms with Gasteiger partial charge in [-0.05, 0) is 19.4 Å². The summed E-state index contributed by atoms with van der Waals surface area (Å²) in [5.41, 5.74) is 0.579. The van der Waals surface area contributed by atoms with Crippen LogP contribution in [0.1, 0.15) is 42.8 Å². The van der Waals surface area contributed by atoms with Crippen LogP contribution >= 0.6 is 0 Å². The quantitative estimate of drug-likeness (QED) is 0.619. The Morgan fingerprint density at radius 2 is 2.21 bits per heavy atom. The molecule has 1 amide bonds. The Morgan fingerprint density at radius 1 is 1.47 bits per heavy atom. The van der Waals surface area contributed by atoms with Crippen molar-refractivity contribution in [2.24, 2.45) is 0 Å². The van der Waals surface area contributed by atoms with E-state index in [1.165, 1.54) is 6.26 Å². The van der Waals surface area contributed by atoms with E-state index in [0.29, 0.717) is 25.1 Å². The molecule has 0 aliphatic carbocycles. The number of aromatic carboxylic acids is 1. The molecule has 6 heteroatoms. The van der Waals surface area contributed by atoms with Crippen LogP contribution in [0.4, 0.5) is 0 Å². The lowest BCUT2D eigenvalue weighted by atomic mass is 10.2. The molecule has 1 aromatic rings. The second-order valence-corrected chi connectivity index (χ2v) is 4.38. The van der Waals surface area contributed by atoms with Gasteiger partial charge in [-0.3, -0.25) is 4.79 Å².